The third-order valence-corrected chi connectivity index (χ3v) is 6.69. The van der Waals surface area contributed by atoms with E-state index in [1.807, 2.05) is 12.1 Å². The maximum absolute atomic E-state index is 9.31. The van der Waals surface area contributed by atoms with Crippen LogP contribution in [0.4, 0.5) is 5.82 Å². The number of hydrogen-bond acceptors (Lipinski definition) is 5. The molecule has 1 aromatic carbocycles. The van der Waals surface area contributed by atoms with Gasteiger partial charge in [-0.1, -0.05) is 12.1 Å². The predicted octanol–water partition coefficient (Wildman–Crippen LogP) is 3.03. The van der Waals surface area contributed by atoms with Crippen LogP contribution >= 0.6 is 0 Å². The van der Waals surface area contributed by atoms with E-state index in [1.165, 1.54) is 31.5 Å². The standard InChI is InChI=1S/C22H24N4O/c1-27-18-4-2-3-17(12-18)19-14-26(20-11-15(13-23)5-8-24-20)21-16-6-9-25(10-7-16)22(19)21/h2-5,8,11-12,16,19,21-22H,6-7,9-10,14H2,1H3/t19-,21-,22-/m1/s1. The van der Waals surface area contributed by atoms with Gasteiger partial charge in [-0.15, -0.1) is 0 Å². The number of fused-ring (bicyclic) bond motifs is 2. The summed E-state index contributed by atoms with van der Waals surface area (Å²) in [5, 5.41) is 9.31. The number of piperidine rings is 3. The van der Waals surface area contributed by atoms with Gasteiger partial charge in [0, 0.05) is 30.7 Å². The first-order valence-corrected chi connectivity index (χ1v) is 9.79. The first-order valence-electron chi connectivity index (χ1n) is 9.79. The minimum Gasteiger partial charge on any atom is -0.497 e. The molecular weight excluding hydrogens is 336 g/mol. The molecule has 2 aromatic rings. The monoisotopic (exact) mass is 360 g/mol. The lowest BCUT2D eigenvalue weighted by atomic mass is 9.75. The van der Waals surface area contributed by atoms with Gasteiger partial charge in [0.15, 0.2) is 0 Å². The van der Waals surface area contributed by atoms with Gasteiger partial charge in [-0.05, 0) is 61.7 Å². The molecule has 138 valence electrons. The fraction of sp³-hybridized carbons (Fsp3) is 0.455. The summed E-state index contributed by atoms with van der Waals surface area (Å²) >= 11 is 0. The molecule has 4 aliphatic rings. The van der Waals surface area contributed by atoms with Gasteiger partial charge in [-0.3, -0.25) is 4.90 Å². The number of ether oxygens (including phenoxy) is 1. The van der Waals surface area contributed by atoms with E-state index in [-0.39, 0.29) is 0 Å². The molecule has 5 heterocycles. The minimum absolute atomic E-state index is 0.431. The maximum atomic E-state index is 9.31. The van der Waals surface area contributed by atoms with Crippen molar-refractivity contribution in [1.82, 2.24) is 9.88 Å². The smallest absolute Gasteiger partial charge is 0.130 e. The van der Waals surface area contributed by atoms with Crippen LogP contribution in [0, 0.1) is 17.2 Å². The summed E-state index contributed by atoms with van der Waals surface area (Å²) in [5.41, 5.74) is 2.03. The van der Waals surface area contributed by atoms with Crippen molar-refractivity contribution in [3.63, 3.8) is 0 Å². The Labute approximate surface area is 160 Å². The van der Waals surface area contributed by atoms with Gasteiger partial charge >= 0.3 is 0 Å². The van der Waals surface area contributed by atoms with Gasteiger partial charge in [-0.2, -0.15) is 5.26 Å². The van der Waals surface area contributed by atoms with E-state index in [1.54, 1.807) is 19.4 Å². The van der Waals surface area contributed by atoms with Crippen molar-refractivity contribution >= 4 is 5.82 Å². The number of benzene rings is 1. The van der Waals surface area contributed by atoms with E-state index in [4.69, 9.17) is 4.74 Å². The van der Waals surface area contributed by atoms with Gasteiger partial charge in [0.1, 0.15) is 11.6 Å². The van der Waals surface area contributed by atoms with Gasteiger partial charge in [-0.25, -0.2) is 4.98 Å². The van der Waals surface area contributed by atoms with Crippen molar-refractivity contribution in [2.75, 3.05) is 31.6 Å². The quantitative estimate of drug-likeness (QED) is 0.842. The Morgan fingerprint density at radius 2 is 2.00 bits per heavy atom. The average Bonchev–Trinajstić information content (AvgIpc) is 3.18. The number of hydrogen-bond donors (Lipinski definition) is 0. The van der Waals surface area contributed by atoms with E-state index < -0.39 is 0 Å². The minimum atomic E-state index is 0.431. The molecule has 4 fully saturated rings. The molecule has 0 saturated carbocycles. The van der Waals surface area contributed by atoms with E-state index in [9.17, 15) is 5.26 Å². The highest BCUT2D eigenvalue weighted by Gasteiger charge is 2.53. The zero-order valence-corrected chi connectivity index (χ0v) is 15.6. The van der Waals surface area contributed by atoms with Gasteiger partial charge in [0.05, 0.1) is 18.7 Å². The lowest BCUT2D eigenvalue weighted by Gasteiger charge is -2.51. The average molecular weight is 360 g/mol. The van der Waals surface area contributed by atoms with Gasteiger partial charge < -0.3 is 9.64 Å². The number of pyridine rings is 1. The molecule has 0 radical (unpaired) electrons. The van der Waals surface area contributed by atoms with E-state index in [2.05, 4.69) is 39.1 Å². The van der Waals surface area contributed by atoms with Crippen LogP contribution in [-0.2, 0) is 0 Å². The summed E-state index contributed by atoms with van der Waals surface area (Å²) in [6.07, 6.45) is 4.30. The zero-order valence-electron chi connectivity index (χ0n) is 15.6. The number of nitrogens with zero attached hydrogens (tertiary/aromatic N) is 4. The highest BCUT2D eigenvalue weighted by atomic mass is 16.5. The number of methoxy groups -OCH3 is 1. The summed E-state index contributed by atoms with van der Waals surface area (Å²) < 4.78 is 5.48. The third kappa shape index (κ3) is 2.67. The zero-order chi connectivity index (χ0) is 18.4. The second-order valence-corrected chi connectivity index (χ2v) is 7.90. The Morgan fingerprint density at radius 1 is 1.15 bits per heavy atom. The van der Waals surface area contributed by atoms with Crippen LogP contribution in [-0.4, -0.2) is 48.7 Å². The summed E-state index contributed by atoms with van der Waals surface area (Å²) in [6.45, 7) is 3.34. The van der Waals surface area contributed by atoms with Crippen molar-refractivity contribution in [2.24, 2.45) is 5.92 Å². The lowest BCUT2D eigenvalue weighted by molar-refractivity contribution is 0.0354. The van der Waals surface area contributed by atoms with E-state index in [0.29, 0.717) is 29.5 Å². The fourth-order valence-corrected chi connectivity index (χ4v) is 5.49. The number of aromatic nitrogens is 1. The number of rotatable bonds is 3. The van der Waals surface area contributed by atoms with Gasteiger partial charge in [0.2, 0.25) is 0 Å². The van der Waals surface area contributed by atoms with Crippen molar-refractivity contribution in [2.45, 2.75) is 30.8 Å². The van der Waals surface area contributed by atoms with Crippen LogP contribution < -0.4 is 9.64 Å². The Morgan fingerprint density at radius 3 is 2.78 bits per heavy atom. The number of anilines is 1. The van der Waals surface area contributed by atoms with Crippen molar-refractivity contribution in [3.8, 4) is 11.8 Å². The Kier molecular flexibility index (Phi) is 4.02. The Bertz CT molecular complexity index is 884. The predicted molar refractivity (Wildman–Crippen MR) is 104 cm³/mol. The molecular formula is C22H24N4O. The molecule has 0 amide bonds. The highest BCUT2D eigenvalue weighted by Crippen LogP contribution is 2.48. The molecule has 6 rings (SSSR count). The summed E-state index contributed by atoms with van der Waals surface area (Å²) in [6, 6.07) is 15.5. The maximum Gasteiger partial charge on any atom is 0.130 e. The van der Waals surface area contributed by atoms with Crippen LogP contribution in [0.3, 0.4) is 0 Å². The molecule has 0 aliphatic carbocycles. The molecule has 5 heteroatoms. The SMILES string of the molecule is COc1cccc([C@H]2CN(c3cc(C#N)ccn3)[C@@H]3C4CCN(CC4)[C@H]23)c1. The molecule has 4 aliphatic heterocycles. The largest absolute Gasteiger partial charge is 0.497 e. The molecule has 5 nitrogen and oxygen atoms in total. The first-order chi connectivity index (χ1) is 13.3. The van der Waals surface area contributed by atoms with Crippen LogP contribution in [0.1, 0.15) is 29.9 Å². The topological polar surface area (TPSA) is 52.4 Å². The normalized spacial score (nSPS) is 31.4. The van der Waals surface area contributed by atoms with Crippen molar-refractivity contribution in [1.29, 1.82) is 5.26 Å². The molecule has 3 atom stereocenters. The molecule has 1 aromatic heterocycles. The summed E-state index contributed by atoms with van der Waals surface area (Å²) in [4.78, 5) is 9.80. The molecule has 2 bridgehead atoms. The molecule has 0 unspecified atom stereocenters. The lowest BCUT2D eigenvalue weighted by Crippen LogP contribution is -2.60. The molecule has 0 spiro atoms. The van der Waals surface area contributed by atoms with Gasteiger partial charge in [0.25, 0.3) is 0 Å². The van der Waals surface area contributed by atoms with Crippen LogP contribution in [0.15, 0.2) is 42.6 Å². The molecule has 27 heavy (non-hydrogen) atoms. The molecule has 4 saturated heterocycles. The summed E-state index contributed by atoms with van der Waals surface area (Å²) in [5.74, 6) is 3.01. The van der Waals surface area contributed by atoms with E-state index >= 15 is 0 Å². The van der Waals surface area contributed by atoms with Crippen molar-refractivity contribution < 1.29 is 4.74 Å². The fourth-order valence-electron chi connectivity index (χ4n) is 5.49. The Hall–Kier alpha value is -2.58. The highest BCUT2D eigenvalue weighted by molar-refractivity contribution is 5.50. The third-order valence-electron chi connectivity index (χ3n) is 6.69. The van der Waals surface area contributed by atoms with Crippen LogP contribution in [0.25, 0.3) is 0 Å². The summed E-state index contributed by atoms with van der Waals surface area (Å²) in [7, 11) is 1.73. The van der Waals surface area contributed by atoms with Crippen LogP contribution in [0.2, 0.25) is 0 Å². The van der Waals surface area contributed by atoms with Crippen LogP contribution in [0.5, 0.6) is 5.75 Å². The second-order valence-electron chi connectivity index (χ2n) is 7.90. The number of nitriles is 1. The first kappa shape index (κ1) is 16.6. The van der Waals surface area contributed by atoms with E-state index in [0.717, 1.165) is 18.1 Å². The Balaban J connectivity index is 1.56. The van der Waals surface area contributed by atoms with Crippen molar-refractivity contribution in [3.05, 3.63) is 53.7 Å². The second kappa shape index (κ2) is 6.54. The molecule has 0 N–H and O–H groups in total.